The Labute approximate surface area is 66.1 Å². The first-order valence-corrected chi connectivity index (χ1v) is 3.10. The highest BCUT2D eigenvalue weighted by molar-refractivity contribution is 5.22. The molecule has 0 saturated heterocycles. The zero-order chi connectivity index (χ0) is 8.23. The summed E-state index contributed by atoms with van der Waals surface area (Å²) in [6.45, 7) is 0. The maximum absolute atomic E-state index is 3.71. The molecule has 0 radical (unpaired) electrons. The molecule has 8 heteroatoms. The highest BCUT2D eigenvalue weighted by Gasteiger charge is 1.92. The van der Waals surface area contributed by atoms with E-state index in [-0.39, 0.29) is 0 Å². The van der Waals surface area contributed by atoms with Crippen molar-refractivity contribution in [2.24, 2.45) is 10.2 Å². The Morgan fingerprint density at radius 3 is 1.75 bits per heavy atom. The van der Waals surface area contributed by atoms with Gasteiger partial charge in [-0.3, -0.25) is 10.2 Å². The number of aromatic nitrogens is 6. The number of H-pyrrole nitrogens is 2. The molecule has 0 aliphatic rings. The number of aromatic amines is 2. The minimum absolute atomic E-state index is 0.401. The van der Waals surface area contributed by atoms with E-state index in [1.807, 2.05) is 0 Å². The second kappa shape index (κ2) is 2.86. The maximum Gasteiger partial charge on any atom is 0.215 e. The SMILES string of the molecule is c1[nH]nnc1N=Nc1c[nH]nn1. The zero-order valence-electron chi connectivity index (χ0n) is 5.84. The van der Waals surface area contributed by atoms with Gasteiger partial charge in [0.05, 0.1) is 12.4 Å². The lowest BCUT2D eigenvalue weighted by molar-refractivity contribution is 0.926. The third-order valence-corrected chi connectivity index (χ3v) is 1.06. The summed E-state index contributed by atoms with van der Waals surface area (Å²) in [6, 6.07) is 0. The van der Waals surface area contributed by atoms with Gasteiger partial charge in [0.15, 0.2) is 0 Å². The number of azo groups is 1. The van der Waals surface area contributed by atoms with Crippen molar-refractivity contribution < 1.29 is 0 Å². The van der Waals surface area contributed by atoms with Crippen LogP contribution in [0.5, 0.6) is 0 Å². The zero-order valence-corrected chi connectivity index (χ0v) is 5.84. The molecule has 0 unspecified atom stereocenters. The van der Waals surface area contributed by atoms with E-state index in [4.69, 9.17) is 0 Å². The van der Waals surface area contributed by atoms with E-state index < -0.39 is 0 Å². The smallest absolute Gasteiger partial charge is 0.215 e. The molecular formula is C4H4N8. The fourth-order valence-electron chi connectivity index (χ4n) is 0.591. The summed E-state index contributed by atoms with van der Waals surface area (Å²) >= 11 is 0. The standard InChI is InChI=1S/C4H4N8/c1-3(9-11-5-1)7-8-4-2-6-12-10-4/h1-2H,(H,5,9,11)(H,6,10,12). The molecule has 0 amide bonds. The Bertz CT molecular complexity index is 308. The first kappa shape index (κ1) is 6.58. The highest BCUT2D eigenvalue weighted by atomic mass is 15.4. The molecule has 2 rings (SSSR count). The van der Waals surface area contributed by atoms with E-state index in [2.05, 4.69) is 41.0 Å². The van der Waals surface area contributed by atoms with Crippen molar-refractivity contribution in [3.8, 4) is 0 Å². The molecule has 0 saturated carbocycles. The van der Waals surface area contributed by atoms with Crippen molar-refractivity contribution >= 4 is 11.6 Å². The summed E-state index contributed by atoms with van der Waals surface area (Å²) in [4.78, 5) is 0. The van der Waals surface area contributed by atoms with Gasteiger partial charge >= 0.3 is 0 Å². The average molecular weight is 164 g/mol. The molecular weight excluding hydrogens is 160 g/mol. The summed E-state index contributed by atoms with van der Waals surface area (Å²) in [6.07, 6.45) is 3.03. The molecule has 8 nitrogen and oxygen atoms in total. The topological polar surface area (TPSA) is 108 Å². The van der Waals surface area contributed by atoms with Gasteiger partial charge in [0.1, 0.15) is 0 Å². The summed E-state index contributed by atoms with van der Waals surface area (Å²) < 4.78 is 0. The molecule has 0 aliphatic heterocycles. The Kier molecular flexibility index (Phi) is 1.57. The predicted octanol–water partition coefficient (Wildman–Crippen LogP) is 0.338. The average Bonchev–Trinajstić information content (AvgIpc) is 2.74. The van der Waals surface area contributed by atoms with Gasteiger partial charge in [0.25, 0.3) is 0 Å². The Hall–Kier alpha value is -2.12. The fourth-order valence-corrected chi connectivity index (χ4v) is 0.591. The van der Waals surface area contributed by atoms with Crippen LogP contribution in [0.2, 0.25) is 0 Å². The van der Waals surface area contributed by atoms with E-state index in [1.54, 1.807) is 0 Å². The van der Waals surface area contributed by atoms with Gasteiger partial charge in [-0.1, -0.05) is 10.4 Å². The van der Waals surface area contributed by atoms with Crippen LogP contribution in [0.3, 0.4) is 0 Å². The normalized spacial score (nSPS) is 11.0. The third-order valence-electron chi connectivity index (χ3n) is 1.06. The Morgan fingerprint density at radius 2 is 1.42 bits per heavy atom. The van der Waals surface area contributed by atoms with Gasteiger partial charge in [-0.05, 0) is 0 Å². The minimum Gasteiger partial charge on any atom is -0.263 e. The summed E-state index contributed by atoms with van der Waals surface area (Å²) in [5.41, 5.74) is 0. The molecule has 12 heavy (non-hydrogen) atoms. The lowest BCUT2D eigenvalue weighted by atomic mass is 10.8. The monoisotopic (exact) mass is 164 g/mol. The van der Waals surface area contributed by atoms with Crippen molar-refractivity contribution in [1.29, 1.82) is 0 Å². The largest absolute Gasteiger partial charge is 0.263 e. The molecule has 2 N–H and O–H groups in total. The maximum atomic E-state index is 3.71. The number of hydrogen-bond donors (Lipinski definition) is 2. The van der Waals surface area contributed by atoms with Crippen molar-refractivity contribution in [1.82, 2.24) is 30.8 Å². The van der Waals surface area contributed by atoms with Gasteiger partial charge in [-0.25, -0.2) is 0 Å². The van der Waals surface area contributed by atoms with E-state index in [0.717, 1.165) is 0 Å². The molecule has 0 bridgehead atoms. The molecule has 0 atom stereocenters. The van der Waals surface area contributed by atoms with Gasteiger partial charge in [0, 0.05) is 0 Å². The van der Waals surface area contributed by atoms with Gasteiger partial charge < -0.3 is 0 Å². The Morgan fingerprint density at radius 1 is 0.917 bits per heavy atom. The van der Waals surface area contributed by atoms with Gasteiger partial charge in [-0.15, -0.1) is 20.4 Å². The number of nitrogens with zero attached hydrogens (tertiary/aromatic N) is 6. The van der Waals surface area contributed by atoms with Crippen molar-refractivity contribution in [3.63, 3.8) is 0 Å². The molecule has 0 aliphatic carbocycles. The van der Waals surface area contributed by atoms with Crippen LogP contribution in [-0.4, -0.2) is 30.8 Å². The number of nitrogens with one attached hydrogen (secondary N) is 2. The van der Waals surface area contributed by atoms with E-state index in [9.17, 15) is 0 Å². The fraction of sp³-hybridized carbons (Fsp3) is 0. The van der Waals surface area contributed by atoms with Crippen molar-refractivity contribution in [2.45, 2.75) is 0 Å². The lowest BCUT2D eigenvalue weighted by Crippen LogP contribution is -1.66. The first-order chi connectivity index (χ1) is 5.95. The lowest BCUT2D eigenvalue weighted by Gasteiger charge is -1.76. The minimum atomic E-state index is 0.401. The van der Waals surface area contributed by atoms with Gasteiger partial charge in [-0.2, -0.15) is 0 Å². The molecule has 2 aromatic rings. The van der Waals surface area contributed by atoms with Crippen LogP contribution in [0.15, 0.2) is 22.6 Å². The van der Waals surface area contributed by atoms with Crippen LogP contribution in [0.4, 0.5) is 11.6 Å². The summed E-state index contributed by atoms with van der Waals surface area (Å²) in [5.74, 6) is 0.802. The number of hydrogen-bond acceptors (Lipinski definition) is 6. The predicted molar refractivity (Wildman–Crippen MR) is 36.9 cm³/mol. The molecule has 0 fully saturated rings. The summed E-state index contributed by atoms with van der Waals surface area (Å²) in [5, 5.41) is 26.5. The molecule has 2 aromatic heterocycles. The number of rotatable bonds is 2. The van der Waals surface area contributed by atoms with Crippen LogP contribution in [-0.2, 0) is 0 Å². The van der Waals surface area contributed by atoms with Crippen LogP contribution >= 0.6 is 0 Å². The quantitative estimate of drug-likeness (QED) is 0.623. The molecule has 60 valence electrons. The van der Waals surface area contributed by atoms with Crippen molar-refractivity contribution in [2.75, 3.05) is 0 Å². The van der Waals surface area contributed by atoms with Crippen LogP contribution < -0.4 is 0 Å². The highest BCUT2D eigenvalue weighted by Crippen LogP contribution is 2.09. The van der Waals surface area contributed by atoms with Crippen LogP contribution in [0.1, 0.15) is 0 Å². The van der Waals surface area contributed by atoms with E-state index >= 15 is 0 Å². The Balaban J connectivity index is 2.14. The first-order valence-electron chi connectivity index (χ1n) is 3.10. The molecule has 0 spiro atoms. The third kappa shape index (κ3) is 1.31. The molecule has 2 heterocycles. The molecule has 0 aromatic carbocycles. The van der Waals surface area contributed by atoms with Crippen LogP contribution in [0, 0.1) is 0 Å². The van der Waals surface area contributed by atoms with E-state index in [1.165, 1.54) is 12.4 Å². The second-order valence-corrected chi connectivity index (χ2v) is 1.86. The second-order valence-electron chi connectivity index (χ2n) is 1.86. The van der Waals surface area contributed by atoms with E-state index in [0.29, 0.717) is 11.6 Å². The van der Waals surface area contributed by atoms with Crippen LogP contribution in [0.25, 0.3) is 0 Å². The summed E-state index contributed by atoms with van der Waals surface area (Å²) in [7, 11) is 0. The van der Waals surface area contributed by atoms with Gasteiger partial charge in [0.2, 0.25) is 11.6 Å². The van der Waals surface area contributed by atoms with Crippen molar-refractivity contribution in [3.05, 3.63) is 12.4 Å².